The quantitative estimate of drug-likeness (QED) is 0.571. The molecule has 0 nitrogen and oxygen atoms in total. The molecule has 0 saturated carbocycles. The van der Waals surface area contributed by atoms with Crippen molar-refractivity contribution in [1.82, 2.24) is 0 Å². The van der Waals surface area contributed by atoms with E-state index in [1.54, 1.807) is 0 Å². The van der Waals surface area contributed by atoms with Gasteiger partial charge in [0, 0.05) is 9.72 Å². The van der Waals surface area contributed by atoms with Gasteiger partial charge in [-0.15, -0.1) is 11.8 Å². The van der Waals surface area contributed by atoms with Crippen molar-refractivity contribution in [2.45, 2.75) is 23.1 Å². The van der Waals surface area contributed by atoms with Gasteiger partial charge >= 0.3 is 0 Å². The van der Waals surface area contributed by atoms with E-state index in [0.29, 0.717) is 4.83 Å². The van der Waals surface area contributed by atoms with Gasteiger partial charge < -0.3 is 0 Å². The summed E-state index contributed by atoms with van der Waals surface area (Å²) in [6.45, 7) is 2.19. The van der Waals surface area contributed by atoms with Crippen molar-refractivity contribution in [3.63, 3.8) is 0 Å². The lowest BCUT2D eigenvalue weighted by Crippen LogP contribution is -1.91. The summed E-state index contributed by atoms with van der Waals surface area (Å²) in [7, 11) is 0. The zero-order chi connectivity index (χ0) is 8.81. The summed E-state index contributed by atoms with van der Waals surface area (Å²) in [4.78, 5) is 2.00. The highest BCUT2D eigenvalue weighted by Crippen LogP contribution is 2.19. The summed E-state index contributed by atoms with van der Waals surface area (Å²) in [5, 5.41) is 0. The Kier molecular flexibility index (Phi) is 4.77. The van der Waals surface area contributed by atoms with Crippen LogP contribution in [0.4, 0.5) is 0 Å². The lowest BCUT2D eigenvalue weighted by molar-refractivity contribution is 0.933. The molecule has 2 heteroatoms. The van der Waals surface area contributed by atoms with Crippen molar-refractivity contribution in [3.05, 3.63) is 30.3 Å². The molecule has 0 heterocycles. The second-order valence-corrected chi connectivity index (χ2v) is 5.46. The highest BCUT2D eigenvalue weighted by molar-refractivity contribution is 9.09. The Morgan fingerprint density at radius 2 is 2.00 bits per heavy atom. The van der Waals surface area contributed by atoms with Crippen molar-refractivity contribution in [2.75, 3.05) is 5.75 Å². The van der Waals surface area contributed by atoms with Gasteiger partial charge in [-0.1, -0.05) is 41.1 Å². The zero-order valence-corrected chi connectivity index (χ0v) is 9.57. The van der Waals surface area contributed by atoms with Crippen molar-refractivity contribution < 1.29 is 0 Å². The first-order valence-corrected chi connectivity index (χ1v) is 6.01. The van der Waals surface area contributed by atoms with E-state index in [9.17, 15) is 0 Å². The van der Waals surface area contributed by atoms with Crippen molar-refractivity contribution in [1.29, 1.82) is 0 Å². The Hall–Kier alpha value is 0.0500. The molecule has 0 radical (unpaired) electrons. The zero-order valence-electron chi connectivity index (χ0n) is 7.16. The summed E-state index contributed by atoms with van der Waals surface area (Å²) < 4.78 is 0. The molecule has 0 N–H and O–H groups in total. The van der Waals surface area contributed by atoms with Gasteiger partial charge in [0.25, 0.3) is 0 Å². The average Bonchev–Trinajstić information content (AvgIpc) is 2.05. The van der Waals surface area contributed by atoms with E-state index in [0.717, 1.165) is 0 Å². The highest BCUT2D eigenvalue weighted by Gasteiger charge is 1.96. The molecule has 1 aromatic rings. The maximum absolute atomic E-state index is 3.53. The van der Waals surface area contributed by atoms with Crippen LogP contribution in [-0.2, 0) is 0 Å². The number of rotatable bonds is 4. The molecule has 1 aromatic carbocycles. The van der Waals surface area contributed by atoms with Crippen LogP contribution in [0.2, 0.25) is 0 Å². The summed E-state index contributed by atoms with van der Waals surface area (Å²) in [5.41, 5.74) is 0. The van der Waals surface area contributed by atoms with E-state index in [1.165, 1.54) is 17.1 Å². The predicted octanol–water partition coefficient (Wildman–Crippen LogP) is 3.95. The molecule has 0 unspecified atom stereocenters. The topological polar surface area (TPSA) is 0 Å². The molecule has 0 spiro atoms. The van der Waals surface area contributed by atoms with Crippen LogP contribution in [-0.4, -0.2) is 10.6 Å². The molecule has 0 saturated heterocycles. The van der Waals surface area contributed by atoms with Crippen LogP contribution < -0.4 is 0 Å². The van der Waals surface area contributed by atoms with Gasteiger partial charge in [-0.25, -0.2) is 0 Å². The first-order valence-electron chi connectivity index (χ1n) is 4.11. The molecule has 0 aliphatic heterocycles. The normalized spacial score (nSPS) is 12.8. The third-order valence-electron chi connectivity index (χ3n) is 1.53. The number of alkyl halides is 1. The number of halogens is 1. The smallest absolute Gasteiger partial charge is 0.0125 e. The molecule has 0 bridgehead atoms. The van der Waals surface area contributed by atoms with Crippen LogP contribution in [0.1, 0.15) is 13.3 Å². The van der Waals surface area contributed by atoms with Crippen molar-refractivity contribution in [2.24, 2.45) is 0 Å². The molecule has 1 rings (SSSR count). The Balaban J connectivity index is 2.25. The molecule has 0 aliphatic carbocycles. The SMILES string of the molecule is C[C@@H](Br)CCSc1ccccc1. The Morgan fingerprint density at radius 3 is 2.58 bits per heavy atom. The summed E-state index contributed by atoms with van der Waals surface area (Å²) in [6.07, 6.45) is 1.22. The summed E-state index contributed by atoms with van der Waals surface area (Å²) >= 11 is 5.45. The minimum atomic E-state index is 0.633. The van der Waals surface area contributed by atoms with Crippen molar-refractivity contribution in [3.8, 4) is 0 Å². The van der Waals surface area contributed by atoms with E-state index >= 15 is 0 Å². The monoisotopic (exact) mass is 244 g/mol. The summed E-state index contributed by atoms with van der Waals surface area (Å²) in [5.74, 6) is 1.19. The Bertz CT molecular complexity index is 208. The van der Waals surface area contributed by atoms with E-state index in [4.69, 9.17) is 0 Å². The van der Waals surface area contributed by atoms with Crippen LogP contribution in [0.15, 0.2) is 35.2 Å². The maximum atomic E-state index is 3.53. The van der Waals surface area contributed by atoms with Gasteiger partial charge in [0.1, 0.15) is 0 Å². The number of hydrogen-bond acceptors (Lipinski definition) is 1. The first-order chi connectivity index (χ1) is 5.79. The third kappa shape index (κ3) is 4.17. The lowest BCUT2D eigenvalue weighted by Gasteiger charge is -2.02. The van der Waals surface area contributed by atoms with Gasteiger partial charge in [-0.2, -0.15) is 0 Å². The van der Waals surface area contributed by atoms with Crippen LogP contribution >= 0.6 is 27.7 Å². The van der Waals surface area contributed by atoms with Crippen LogP contribution in [0, 0.1) is 0 Å². The van der Waals surface area contributed by atoms with E-state index in [2.05, 4.69) is 53.2 Å². The standard InChI is InChI=1S/C10H13BrS/c1-9(11)7-8-12-10-5-3-2-4-6-10/h2-6,9H,7-8H2,1H3/t9-/m1/s1. The van der Waals surface area contributed by atoms with E-state index < -0.39 is 0 Å². The van der Waals surface area contributed by atoms with Crippen LogP contribution in [0.3, 0.4) is 0 Å². The molecule has 12 heavy (non-hydrogen) atoms. The second kappa shape index (κ2) is 5.65. The van der Waals surface area contributed by atoms with Gasteiger partial charge in [0.2, 0.25) is 0 Å². The van der Waals surface area contributed by atoms with E-state index in [1.807, 2.05) is 11.8 Å². The molecule has 0 amide bonds. The molecule has 0 aromatic heterocycles. The molecular formula is C10H13BrS. The highest BCUT2D eigenvalue weighted by atomic mass is 79.9. The van der Waals surface area contributed by atoms with Gasteiger partial charge in [0.05, 0.1) is 0 Å². The largest absolute Gasteiger partial charge is 0.126 e. The third-order valence-corrected chi connectivity index (χ3v) is 3.03. The Labute approximate surface area is 86.9 Å². The predicted molar refractivity (Wildman–Crippen MR) is 60.2 cm³/mol. The number of benzene rings is 1. The molecular weight excluding hydrogens is 232 g/mol. The average molecular weight is 245 g/mol. The van der Waals surface area contributed by atoms with Gasteiger partial charge in [-0.05, 0) is 24.3 Å². The fraction of sp³-hybridized carbons (Fsp3) is 0.400. The van der Waals surface area contributed by atoms with Gasteiger partial charge in [0.15, 0.2) is 0 Å². The first kappa shape index (κ1) is 10.1. The lowest BCUT2D eigenvalue weighted by atomic mass is 10.4. The Morgan fingerprint density at radius 1 is 1.33 bits per heavy atom. The molecule has 0 fully saturated rings. The minimum Gasteiger partial charge on any atom is -0.126 e. The molecule has 0 aliphatic rings. The van der Waals surface area contributed by atoms with Crippen LogP contribution in [0.25, 0.3) is 0 Å². The number of thioether (sulfide) groups is 1. The second-order valence-electron chi connectivity index (χ2n) is 2.73. The molecule has 1 atom stereocenters. The fourth-order valence-electron chi connectivity index (χ4n) is 0.856. The number of hydrogen-bond donors (Lipinski definition) is 0. The maximum Gasteiger partial charge on any atom is 0.0125 e. The van der Waals surface area contributed by atoms with Gasteiger partial charge in [-0.3, -0.25) is 0 Å². The van der Waals surface area contributed by atoms with Crippen molar-refractivity contribution >= 4 is 27.7 Å². The molecule has 66 valence electrons. The van der Waals surface area contributed by atoms with Crippen LogP contribution in [0.5, 0.6) is 0 Å². The summed E-state index contributed by atoms with van der Waals surface area (Å²) in [6, 6.07) is 10.5. The minimum absolute atomic E-state index is 0.633. The fourth-order valence-corrected chi connectivity index (χ4v) is 2.44. The van der Waals surface area contributed by atoms with E-state index in [-0.39, 0.29) is 0 Å².